The molecule has 0 radical (unpaired) electrons. The van der Waals surface area contributed by atoms with E-state index in [-0.39, 0.29) is 10.8 Å². The summed E-state index contributed by atoms with van der Waals surface area (Å²) in [6.07, 6.45) is 0.889. The summed E-state index contributed by atoms with van der Waals surface area (Å²) in [6.45, 7) is 4.18. The number of aryl methyl sites for hydroxylation is 1. The molecule has 5 nitrogen and oxygen atoms in total. The van der Waals surface area contributed by atoms with E-state index in [2.05, 4.69) is 23.9 Å². The van der Waals surface area contributed by atoms with Crippen molar-refractivity contribution in [1.82, 2.24) is 4.72 Å². The third-order valence-corrected chi connectivity index (χ3v) is 5.43. The van der Waals surface area contributed by atoms with Gasteiger partial charge in [-0.15, -0.1) is 0 Å². The summed E-state index contributed by atoms with van der Waals surface area (Å²) >= 11 is 0. The normalized spacial score (nSPS) is 11.5. The molecule has 134 valence electrons. The minimum absolute atomic E-state index is 0.0555. The molecule has 0 heterocycles. The van der Waals surface area contributed by atoms with Gasteiger partial charge < -0.3 is 5.32 Å². The van der Waals surface area contributed by atoms with Crippen molar-refractivity contribution in [3.05, 3.63) is 59.7 Å². The first-order valence-corrected chi connectivity index (χ1v) is 9.73. The highest BCUT2D eigenvalue weighted by Crippen LogP contribution is 2.23. The van der Waals surface area contributed by atoms with Gasteiger partial charge in [0, 0.05) is 12.1 Å². The van der Waals surface area contributed by atoms with Crippen LogP contribution in [0, 0.1) is 0 Å². The van der Waals surface area contributed by atoms with E-state index in [9.17, 15) is 13.2 Å². The Morgan fingerprint density at radius 3 is 2.28 bits per heavy atom. The topological polar surface area (TPSA) is 75.3 Å². The molecule has 0 aliphatic rings. The maximum absolute atomic E-state index is 12.2. The van der Waals surface area contributed by atoms with Gasteiger partial charge in [-0.05, 0) is 48.7 Å². The molecule has 6 heteroatoms. The number of hydrogen-bond donors (Lipinski definition) is 2. The van der Waals surface area contributed by atoms with Crippen molar-refractivity contribution in [2.45, 2.75) is 37.5 Å². The van der Waals surface area contributed by atoms with Crippen LogP contribution in [0.15, 0.2) is 53.4 Å². The number of sulfonamides is 1. The Balaban J connectivity index is 1.97. The standard InChI is InChI=1S/C19H24N2O3S/c1-14(2)17-6-4-5-7-18(17)21-19(22)13-10-15-8-11-16(12-9-15)25(23,24)20-3/h4-9,11-12,14,20H,10,13H2,1-3H3,(H,21,22). The predicted molar refractivity (Wildman–Crippen MR) is 100 cm³/mol. The smallest absolute Gasteiger partial charge is 0.240 e. The molecule has 0 saturated carbocycles. The first-order valence-electron chi connectivity index (χ1n) is 8.24. The molecule has 25 heavy (non-hydrogen) atoms. The lowest BCUT2D eigenvalue weighted by atomic mass is 10.0. The van der Waals surface area contributed by atoms with Crippen LogP contribution in [0.4, 0.5) is 5.69 Å². The van der Waals surface area contributed by atoms with Crippen LogP contribution in [0.2, 0.25) is 0 Å². The van der Waals surface area contributed by atoms with Crippen LogP contribution in [0.5, 0.6) is 0 Å². The monoisotopic (exact) mass is 360 g/mol. The van der Waals surface area contributed by atoms with Gasteiger partial charge in [0.05, 0.1) is 4.90 Å². The molecule has 2 N–H and O–H groups in total. The van der Waals surface area contributed by atoms with E-state index in [1.807, 2.05) is 24.3 Å². The zero-order valence-corrected chi connectivity index (χ0v) is 15.6. The molecular weight excluding hydrogens is 336 g/mol. The Morgan fingerprint density at radius 1 is 1.04 bits per heavy atom. The van der Waals surface area contributed by atoms with E-state index >= 15 is 0 Å². The Labute approximate surface area is 149 Å². The number of hydrogen-bond acceptors (Lipinski definition) is 3. The number of para-hydroxylation sites is 1. The fourth-order valence-electron chi connectivity index (χ4n) is 2.54. The van der Waals surface area contributed by atoms with Gasteiger partial charge in [0.2, 0.25) is 15.9 Å². The SMILES string of the molecule is CNS(=O)(=O)c1ccc(CCC(=O)Nc2ccccc2C(C)C)cc1. The highest BCUT2D eigenvalue weighted by atomic mass is 32.2. The van der Waals surface area contributed by atoms with Crippen molar-refractivity contribution in [3.63, 3.8) is 0 Å². The quantitative estimate of drug-likeness (QED) is 0.795. The number of rotatable bonds is 7. The first kappa shape index (κ1) is 19.1. The number of amides is 1. The number of nitrogens with one attached hydrogen (secondary N) is 2. The fourth-order valence-corrected chi connectivity index (χ4v) is 3.27. The molecule has 0 aromatic heterocycles. The van der Waals surface area contributed by atoms with Crippen LogP contribution in [-0.4, -0.2) is 21.4 Å². The third-order valence-electron chi connectivity index (χ3n) is 4.00. The van der Waals surface area contributed by atoms with Crippen LogP contribution in [0.1, 0.15) is 37.3 Å². The van der Waals surface area contributed by atoms with Gasteiger partial charge in [-0.2, -0.15) is 0 Å². The van der Waals surface area contributed by atoms with E-state index in [0.717, 1.165) is 16.8 Å². The van der Waals surface area contributed by atoms with Gasteiger partial charge in [0.1, 0.15) is 0 Å². The van der Waals surface area contributed by atoms with E-state index in [1.165, 1.54) is 7.05 Å². The summed E-state index contributed by atoms with van der Waals surface area (Å²) in [7, 11) is -2.05. The molecule has 0 bridgehead atoms. The molecule has 0 aliphatic heterocycles. The van der Waals surface area contributed by atoms with Gasteiger partial charge in [-0.3, -0.25) is 4.79 Å². The summed E-state index contributed by atoms with van der Waals surface area (Å²) in [5, 5.41) is 2.96. The maximum atomic E-state index is 12.2. The minimum atomic E-state index is -3.43. The van der Waals surface area contributed by atoms with Crippen molar-refractivity contribution >= 4 is 21.6 Å². The number of carbonyl (C=O) groups is 1. The highest BCUT2D eigenvalue weighted by molar-refractivity contribution is 7.89. The summed E-state index contributed by atoms with van der Waals surface area (Å²) in [4.78, 5) is 12.4. The molecule has 0 saturated heterocycles. The number of anilines is 1. The molecule has 0 spiro atoms. The zero-order valence-electron chi connectivity index (χ0n) is 14.7. The second-order valence-electron chi connectivity index (χ2n) is 6.14. The minimum Gasteiger partial charge on any atom is -0.326 e. The Bertz CT molecular complexity index is 828. The summed E-state index contributed by atoms with van der Waals surface area (Å²) in [6, 6.07) is 14.4. The van der Waals surface area contributed by atoms with E-state index in [4.69, 9.17) is 0 Å². The van der Waals surface area contributed by atoms with Gasteiger partial charge in [-0.25, -0.2) is 13.1 Å². The highest BCUT2D eigenvalue weighted by Gasteiger charge is 2.12. The molecule has 2 aromatic carbocycles. The van der Waals surface area contributed by atoms with Crippen LogP contribution in [0.3, 0.4) is 0 Å². The predicted octanol–water partition coefficient (Wildman–Crippen LogP) is 3.29. The molecule has 0 unspecified atom stereocenters. The Hall–Kier alpha value is -2.18. The molecular formula is C19H24N2O3S. The second kappa shape index (κ2) is 8.27. The van der Waals surface area contributed by atoms with Crippen LogP contribution >= 0.6 is 0 Å². The van der Waals surface area contributed by atoms with Gasteiger partial charge in [-0.1, -0.05) is 44.2 Å². The molecule has 2 rings (SSSR count). The van der Waals surface area contributed by atoms with E-state index < -0.39 is 10.0 Å². The summed E-state index contributed by atoms with van der Waals surface area (Å²) in [5.41, 5.74) is 2.87. The fraction of sp³-hybridized carbons (Fsp3) is 0.316. The van der Waals surface area contributed by atoms with Crippen LogP contribution in [-0.2, 0) is 21.2 Å². The van der Waals surface area contributed by atoms with Gasteiger partial charge >= 0.3 is 0 Å². The number of benzene rings is 2. The van der Waals surface area contributed by atoms with Crippen LogP contribution < -0.4 is 10.0 Å². The third kappa shape index (κ3) is 5.14. The molecule has 1 amide bonds. The average Bonchev–Trinajstić information content (AvgIpc) is 2.60. The lowest BCUT2D eigenvalue weighted by molar-refractivity contribution is -0.116. The molecule has 0 fully saturated rings. The summed E-state index contributed by atoms with van der Waals surface area (Å²) < 4.78 is 25.7. The lowest BCUT2D eigenvalue weighted by Gasteiger charge is -2.13. The van der Waals surface area contributed by atoms with Crippen molar-refractivity contribution in [2.24, 2.45) is 0 Å². The number of carbonyl (C=O) groups excluding carboxylic acids is 1. The zero-order chi connectivity index (χ0) is 18.4. The lowest BCUT2D eigenvalue weighted by Crippen LogP contribution is -2.18. The second-order valence-corrected chi connectivity index (χ2v) is 8.03. The van der Waals surface area contributed by atoms with Gasteiger partial charge in [0.15, 0.2) is 0 Å². The van der Waals surface area contributed by atoms with Gasteiger partial charge in [0.25, 0.3) is 0 Å². The first-order chi connectivity index (χ1) is 11.8. The largest absolute Gasteiger partial charge is 0.326 e. The van der Waals surface area contributed by atoms with E-state index in [1.54, 1.807) is 24.3 Å². The average molecular weight is 360 g/mol. The van der Waals surface area contributed by atoms with Crippen molar-refractivity contribution in [3.8, 4) is 0 Å². The van der Waals surface area contributed by atoms with Crippen molar-refractivity contribution < 1.29 is 13.2 Å². The van der Waals surface area contributed by atoms with Crippen molar-refractivity contribution in [2.75, 3.05) is 12.4 Å². The summed E-state index contributed by atoms with van der Waals surface area (Å²) in [5.74, 6) is 0.276. The Kier molecular flexibility index (Phi) is 6.33. The maximum Gasteiger partial charge on any atom is 0.240 e. The van der Waals surface area contributed by atoms with Crippen molar-refractivity contribution in [1.29, 1.82) is 0 Å². The molecule has 0 aliphatic carbocycles. The molecule has 0 atom stereocenters. The van der Waals surface area contributed by atoms with Crippen LogP contribution in [0.25, 0.3) is 0 Å². The Morgan fingerprint density at radius 2 is 1.68 bits per heavy atom. The molecule has 2 aromatic rings. The van der Waals surface area contributed by atoms with E-state index in [0.29, 0.717) is 18.8 Å².